The number of halogens is 1. The first kappa shape index (κ1) is 16.0. The average Bonchev–Trinajstić information content (AvgIpc) is 2.38. The van der Waals surface area contributed by atoms with Gasteiger partial charge in [-0.25, -0.2) is 4.39 Å². The summed E-state index contributed by atoms with van der Waals surface area (Å²) in [6.45, 7) is 7.27. The third-order valence-electron chi connectivity index (χ3n) is 3.73. The molecule has 19 heavy (non-hydrogen) atoms. The van der Waals surface area contributed by atoms with Gasteiger partial charge in [0.1, 0.15) is 5.82 Å². The van der Waals surface area contributed by atoms with Crippen LogP contribution in [0.15, 0.2) is 18.2 Å². The van der Waals surface area contributed by atoms with Crippen LogP contribution in [0.2, 0.25) is 0 Å². The number of hydrogen-bond acceptors (Lipinski definition) is 2. The predicted octanol–water partition coefficient (Wildman–Crippen LogP) is 3.59. The highest BCUT2D eigenvalue weighted by Crippen LogP contribution is 2.21. The van der Waals surface area contributed by atoms with Crippen molar-refractivity contribution >= 4 is 5.69 Å². The van der Waals surface area contributed by atoms with Crippen molar-refractivity contribution in [2.45, 2.75) is 46.1 Å². The Morgan fingerprint density at radius 3 is 2.47 bits per heavy atom. The van der Waals surface area contributed by atoms with Gasteiger partial charge in [-0.05, 0) is 36.5 Å². The number of nitrogens with two attached hydrogens (primary N) is 1. The van der Waals surface area contributed by atoms with Crippen molar-refractivity contribution in [3.05, 3.63) is 29.6 Å². The lowest BCUT2D eigenvalue weighted by molar-refractivity contribution is 0.549. The molecule has 2 N–H and O–H groups in total. The molecule has 0 radical (unpaired) electrons. The molecule has 0 bridgehead atoms. The summed E-state index contributed by atoms with van der Waals surface area (Å²) in [6, 6.07) is 5.59. The lowest BCUT2D eigenvalue weighted by atomic mass is 10.0. The van der Waals surface area contributed by atoms with E-state index >= 15 is 0 Å². The molecule has 108 valence electrons. The van der Waals surface area contributed by atoms with Gasteiger partial charge in [0, 0.05) is 19.6 Å². The van der Waals surface area contributed by atoms with E-state index in [9.17, 15) is 4.39 Å². The zero-order chi connectivity index (χ0) is 14.4. The van der Waals surface area contributed by atoms with E-state index in [1.54, 1.807) is 6.07 Å². The van der Waals surface area contributed by atoms with Crippen LogP contribution in [0.5, 0.6) is 0 Å². The summed E-state index contributed by atoms with van der Waals surface area (Å²) in [7, 11) is 1.95. The Morgan fingerprint density at radius 2 is 1.95 bits per heavy atom. The van der Waals surface area contributed by atoms with Crippen LogP contribution < -0.4 is 10.6 Å². The molecule has 1 aromatic rings. The van der Waals surface area contributed by atoms with Crippen molar-refractivity contribution in [3.8, 4) is 0 Å². The zero-order valence-electron chi connectivity index (χ0n) is 12.6. The molecule has 2 nitrogen and oxygen atoms in total. The third kappa shape index (κ3) is 4.83. The molecule has 1 aromatic carbocycles. The van der Waals surface area contributed by atoms with Gasteiger partial charge in [0.25, 0.3) is 0 Å². The first-order valence-corrected chi connectivity index (χ1v) is 7.23. The van der Waals surface area contributed by atoms with Crippen LogP contribution in [-0.4, -0.2) is 19.6 Å². The van der Waals surface area contributed by atoms with E-state index < -0.39 is 0 Å². The first-order valence-electron chi connectivity index (χ1n) is 7.23. The molecule has 0 aromatic heterocycles. The lowest BCUT2D eigenvalue weighted by Gasteiger charge is -2.23. The SMILES string of the molecule is CCC(C)CN(C)c1ccc(CC(N)CC)cc1F. The fourth-order valence-corrected chi connectivity index (χ4v) is 2.13. The molecule has 2 unspecified atom stereocenters. The van der Waals surface area contributed by atoms with Gasteiger partial charge in [-0.3, -0.25) is 0 Å². The standard InChI is InChI=1S/C16H27FN2/c1-5-12(3)11-19(4)16-8-7-13(10-15(16)17)9-14(18)6-2/h7-8,10,12,14H,5-6,9,11,18H2,1-4H3. The summed E-state index contributed by atoms with van der Waals surface area (Å²) in [5, 5.41) is 0. The zero-order valence-corrected chi connectivity index (χ0v) is 12.6. The molecule has 0 aliphatic carbocycles. The highest BCUT2D eigenvalue weighted by Gasteiger charge is 2.11. The average molecular weight is 266 g/mol. The maximum atomic E-state index is 14.1. The quantitative estimate of drug-likeness (QED) is 0.817. The van der Waals surface area contributed by atoms with Crippen LogP contribution in [0, 0.1) is 11.7 Å². The minimum absolute atomic E-state index is 0.114. The maximum Gasteiger partial charge on any atom is 0.146 e. The maximum absolute atomic E-state index is 14.1. The molecule has 1 rings (SSSR count). The summed E-state index contributed by atoms with van der Waals surface area (Å²) in [5.74, 6) is 0.421. The van der Waals surface area contributed by atoms with Crippen LogP contribution in [0.1, 0.15) is 39.2 Å². The highest BCUT2D eigenvalue weighted by atomic mass is 19.1. The van der Waals surface area contributed by atoms with E-state index in [1.165, 1.54) is 0 Å². The minimum atomic E-state index is -0.147. The molecule has 0 aliphatic heterocycles. The van der Waals surface area contributed by atoms with Gasteiger partial charge in [-0.1, -0.05) is 33.3 Å². The fourth-order valence-electron chi connectivity index (χ4n) is 2.13. The van der Waals surface area contributed by atoms with Crippen molar-refractivity contribution in [3.63, 3.8) is 0 Å². The van der Waals surface area contributed by atoms with Crippen molar-refractivity contribution in [2.75, 3.05) is 18.5 Å². The second-order valence-corrected chi connectivity index (χ2v) is 5.55. The summed E-state index contributed by atoms with van der Waals surface area (Å²) < 4.78 is 14.1. The molecule has 3 heteroatoms. The van der Waals surface area contributed by atoms with Crippen molar-refractivity contribution < 1.29 is 4.39 Å². The topological polar surface area (TPSA) is 29.3 Å². The molecule has 0 spiro atoms. The van der Waals surface area contributed by atoms with E-state index in [1.807, 2.05) is 24.1 Å². The highest BCUT2D eigenvalue weighted by molar-refractivity contribution is 5.48. The second-order valence-electron chi connectivity index (χ2n) is 5.55. The lowest BCUT2D eigenvalue weighted by Crippen LogP contribution is -2.25. The molecule has 0 saturated carbocycles. The molecule has 0 fully saturated rings. The van der Waals surface area contributed by atoms with Crippen molar-refractivity contribution in [1.82, 2.24) is 0 Å². The van der Waals surface area contributed by atoms with Gasteiger partial charge in [-0.15, -0.1) is 0 Å². The van der Waals surface area contributed by atoms with Crippen LogP contribution in [0.4, 0.5) is 10.1 Å². The predicted molar refractivity (Wildman–Crippen MR) is 81.1 cm³/mol. The monoisotopic (exact) mass is 266 g/mol. The van der Waals surface area contributed by atoms with Gasteiger partial charge >= 0.3 is 0 Å². The fraction of sp³-hybridized carbons (Fsp3) is 0.625. The Morgan fingerprint density at radius 1 is 1.26 bits per heavy atom. The third-order valence-corrected chi connectivity index (χ3v) is 3.73. The van der Waals surface area contributed by atoms with E-state index in [2.05, 4.69) is 20.8 Å². The number of benzene rings is 1. The van der Waals surface area contributed by atoms with E-state index in [0.29, 0.717) is 11.6 Å². The van der Waals surface area contributed by atoms with Crippen LogP contribution >= 0.6 is 0 Å². The summed E-state index contributed by atoms with van der Waals surface area (Å²) in [4.78, 5) is 1.99. The van der Waals surface area contributed by atoms with Crippen LogP contribution in [0.25, 0.3) is 0 Å². The Hall–Kier alpha value is -1.09. The molecule has 2 atom stereocenters. The Kier molecular flexibility index (Phi) is 6.29. The summed E-state index contributed by atoms with van der Waals surface area (Å²) in [5.41, 5.74) is 7.56. The van der Waals surface area contributed by atoms with E-state index in [4.69, 9.17) is 5.73 Å². The first-order chi connectivity index (χ1) is 8.97. The smallest absolute Gasteiger partial charge is 0.146 e. The van der Waals surface area contributed by atoms with Gasteiger partial charge in [0.2, 0.25) is 0 Å². The minimum Gasteiger partial charge on any atom is -0.372 e. The number of rotatable bonds is 7. The van der Waals surface area contributed by atoms with Crippen LogP contribution in [0.3, 0.4) is 0 Å². The van der Waals surface area contributed by atoms with Crippen molar-refractivity contribution in [2.24, 2.45) is 11.7 Å². The van der Waals surface area contributed by atoms with E-state index in [0.717, 1.165) is 31.4 Å². The molecule has 0 heterocycles. The Labute approximate surface area is 116 Å². The largest absolute Gasteiger partial charge is 0.372 e. The Bertz CT molecular complexity index is 392. The molecular weight excluding hydrogens is 239 g/mol. The van der Waals surface area contributed by atoms with Crippen LogP contribution in [-0.2, 0) is 6.42 Å². The number of nitrogens with zero attached hydrogens (tertiary/aromatic N) is 1. The van der Waals surface area contributed by atoms with Crippen molar-refractivity contribution in [1.29, 1.82) is 0 Å². The normalized spacial score (nSPS) is 14.2. The Balaban J connectivity index is 2.76. The van der Waals surface area contributed by atoms with Gasteiger partial charge in [0.05, 0.1) is 5.69 Å². The van der Waals surface area contributed by atoms with Gasteiger partial charge in [0.15, 0.2) is 0 Å². The summed E-state index contributed by atoms with van der Waals surface area (Å²) in [6.07, 6.45) is 2.76. The number of anilines is 1. The van der Waals surface area contributed by atoms with Gasteiger partial charge < -0.3 is 10.6 Å². The molecule has 0 amide bonds. The molecular formula is C16H27FN2. The number of hydrogen-bond donors (Lipinski definition) is 1. The molecule has 0 aliphatic rings. The second kappa shape index (κ2) is 7.49. The summed E-state index contributed by atoms with van der Waals surface area (Å²) >= 11 is 0. The van der Waals surface area contributed by atoms with Gasteiger partial charge in [-0.2, -0.15) is 0 Å². The molecule has 0 saturated heterocycles. The van der Waals surface area contributed by atoms with E-state index in [-0.39, 0.29) is 11.9 Å².